The molecule has 0 radical (unpaired) electrons. The van der Waals surface area contributed by atoms with E-state index in [0.29, 0.717) is 40.7 Å². The van der Waals surface area contributed by atoms with Gasteiger partial charge in [-0.2, -0.15) is 5.10 Å². The molecule has 0 aliphatic heterocycles. The van der Waals surface area contributed by atoms with E-state index in [1.54, 1.807) is 19.2 Å². The van der Waals surface area contributed by atoms with Crippen LogP contribution in [0.4, 0.5) is 0 Å². The molecule has 0 saturated carbocycles. The average Bonchev–Trinajstić information content (AvgIpc) is 3.02. The van der Waals surface area contributed by atoms with Gasteiger partial charge in [-0.25, -0.2) is 4.98 Å². The Bertz CT molecular complexity index is 927. The number of nitrogens with one attached hydrogen (secondary N) is 1. The summed E-state index contributed by atoms with van der Waals surface area (Å²) in [7, 11) is 3.08. The van der Waals surface area contributed by atoms with E-state index in [-0.39, 0.29) is 5.56 Å². The number of hydrogen-bond donors (Lipinski definition) is 1. The zero-order valence-electron chi connectivity index (χ0n) is 14.2. The molecule has 0 saturated heterocycles. The van der Waals surface area contributed by atoms with Crippen LogP contribution >= 0.6 is 0 Å². The van der Waals surface area contributed by atoms with Crippen LogP contribution in [0.3, 0.4) is 0 Å². The third kappa shape index (κ3) is 2.97. The molecule has 0 aliphatic carbocycles. The Hall–Kier alpha value is -2.83. The van der Waals surface area contributed by atoms with E-state index >= 15 is 0 Å². The second kappa shape index (κ2) is 6.35. The fraction of sp³-hybridized carbons (Fsp3) is 0.353. The molecule has 0 spiro atoms. The fourth-order valence-electron chi connectivity index (χ4n) is 2.53. The topological polar surface area (TPSA) is 82.0 Å². The summed E-state index contributed by atoms with van der Waals surface area (Å²) in [5, 5.41) is 4.95. The molecular weight excluding hydrogens is 308 g/mol. The standard InChI is InChI=1S/C17H20N4O3/c1-10(2)21-6-5-11(20-21)7-16-18-13-9-15(24-4)14(23-3)8-12(13)17(22)19-16/h5-6,8-10H,7H2,1-4H3,(H,18,19,22). The summed E-state index contributed by atoms with van der Waals surface area (Å²) in [4.78, 5) is 19.7. The van der Waals surface area contributed by atoms with E-state index in [2.05, 4.69) is 28.9 Å². The zero-order valence-corrected chi connectivity index (χ0v) is 14.2. The lowest BCUT2D eigenvalue weighted by molar-refractivity contribution is 0.355. The first-order chi connectivity index (χ1) is 11.5. The number of hydrogen-bond acceptors (Lipinski definition) is 5. The summed E-state index contributed by atoms with van der Waals surface area (Å²) < 4.78 is 12.4. The molecule has 2 aromatic heterocycles. The van der Waals surface area contributed by atoms with Gasteiger partial charge in [0.1, 0.15) is 5.82 Å². The van der Waals surface area contributed by atoms with Gasteiger partial charge in [0.2, 0.25) is 0 Å². The quantitative estimate of drug-likeness (QED) is 0.777. The van der Waals surface area contributed by atoms with Crippen molar-refractivity contribution in [1.29, 1.82) is 0 Å². The van der Waals surface area contributed by atoms with Gasteiger partial charge in [0, 0.05) is 18.3 Å². The number of nitrogens with zero attached hydrogens (tertiary/aromatic N) is 3. The third-order valence-electron chi connectivity index (χ3n) is 3.80. The van der Waals surface area contributed by atoms with E-state index in [4.69, 9.17) is 9.47 Å². The molecule has 24 heavy (non-hydrogen) atoms. The van der Waals surface area contributed by atoms with Gasteiger partial charge >= 0.3 is 0 Å². The van der Waals surface area contributed by atoms with E-state index in [9.17, 15) is 4.79 Å². The summed E-state index contributed by atoms with van der Waals surface area (Å²) in [5.41, 5.74) is 1.21. The largest absolute Gasteiger partial charge is 0.493 e. The Kier molecular flexibility index (Phi) is 4.24. The van der Waals surface area contributed by atoms with Gasteiger partial charge < -0.3 is 14.5 Å². The molecular formula is C17H20N4O3. The smallest absolute Gasteiger partial charge is 0.258 e. The molecule has 0 unspecified atom stereocenters. The van der Waals surface area contributed by atoms with Crippen molar-refractivity contribution in [1.82, 2.24) is 19.7 Å². The molecule has 2 heterocycles. The van der Waals surface area contributed by atoms with Crippen LogP contribution in [-0.4, -0.2) is 34.0 Å². The second-order valence-electron chi connectivity index (χ2n) is 5.79. The van der Waals surface area contributed by atoms with Crippen molar-refractivity contribution in [3.05, 3.63) is 46.3 Å². The lowest BCUT2D eigenvalue weighted by Gasteiger charge is -2.09. The Balaban J connectivity index is 2.01. The maximum atomic E-state index is 12.4. The lowest BCUT2D eigenvalue weighted by atomic mass is 10.2. The number of fused-ring (bicyclic) bond motifs is 1. The Morgan fingerprint density at radius 2 is 1.92 bits per heavy atom. The fourth-order valence-corrected chi connectivity index (χ4v) is 2.53. The number of rotatable bonds is 5. The first-order valence-electron chi connectivity index (χ1n) is 7.70. The van der Waals surface area contributed by atoms with E-state index in [0.717, 1.165) is 5.69 Å². The molecule has 0 amide bonds. The highest BCUT2D eigenvalue weighted by atomic mass is 16.5. The average molecular weight is 328 g/mol. The van der Waals surface area contributed by atoms with E-state index in [1.807, 2.05) is 16.9 Å². The number of ether oxygens (including phenoxy) is 2. The van der Waals surface area contributed by atoms with E-state index in [1.165, 1.54) is 7.11 Å². The first-order valence-corrected chi connectivity index (χ1v) is 7.70. The van der Waals surface area contributed by atoms with Crippen LogP contribution in [-0.2, 0) is 6.42 Å². The minimum atomic E-state index is -0.209. The molecule has 0 bridgehead atoms. The van der Waals surface area contributed by atoms with Crippen LogP contribution in [0.15, 0.2) is 29.2 Å². The Morgan fingerprint density at radius 3 is 2.54 bits per heavy atom. The lowest BCUT2D eigenvalue weighted by Crippen LogP contribution is -2.13. The van der Waals surface area contributed by atoms with Crippen LogP contribution < -0.4 is 15.0 Å². The van der Waals surface area contributed by atoms with Crippen molar-refractivity contribution in [2.45, 2.75) is 26.3 Å². The molecule has 126 valence electrons. The van der Waals surface area contributed by atoms with Crippen LogP contribution in [0.25, 0.3) is 10.9 Å². The molecule has 0 aliphatic rings. The zero-order chi connectivity index (χ0) is 17.3. The monoisotopic (exact) mass is 328 g/mol. The van der Waals surface area contributed by atoms with Crippen molar-refractivity contribution in [2.24, 2.45) is 0 Å². The number of benzene rings is 1. The molecule has 3 aromatic rings. The van der Waals surface area contributed by atoms with Gasteiger partial charge in [0.25, 0.3) is 5.56 Å². The molecule has 1 N–H and O–H groups in total. The molecule has 7 heteroatoms. The highest BCUT2D eigenvalue weighted by Gasteiger charge is 2.12. The van der Waals surface area contributed by atoms with Crippen LogP contribution in [0, 0.1) is 0 Å². The first kappa shape index (κ1) is 16.0. The van der Waals surface area contributed by atoms with Gasteiger partial charge in [-0.3, -0.25) is 9.48 Å². The molecule has 1 aromatic carbocycles. The van der Waals surface area contributed by atoms with Crippen molar-refractivity contribution < 1.29 is 9.47 Å². The van der Waals surface area contributed by atoms with Crippen molar-refractivity contribution >= 4 is 10.9 Å². The van der Waals surface area contributed by atoms with Crippen molar-refractivity contribution in [3.63, 3.8) is 0 Å². The van der Waals surface area contributed by atoms with Crippen LogP contribution in [0.5, 0.6) is 11.5 Å². The van der Waals surface area contributed by atoms with Gasteiger partial charge in [0.05, 0.1) is 37.2 Å². The summed E-state index contributed by atoms with van der Waals surface area (Å²) in [5.74, 6) is 1.60. The normalized spacial score (nSPS) is 11.2. The van der Waals surface area contributed by atoms with E-state index < -0.39 is 0 Å². The summed E-state index contributed by atoms with van der Waals surface area (Å²) in [6.45, 7) is 4.12. The summed E-state index contributed by atoms with van der Waals surface area (Å²) in [6.07, 6.45) is 2.38. The molecule has 7 nitrogen and oxygen atoms in total. The SMILES string of the molecule is COc1cc2nc(Cc3ccn(C(C)C)n3)[nH]c(=O)c2cc1OC. The van der Waals surface area contributed by atoms with Gasteiger partial charge in [-0.05, 0) is 26.0 Å². The highest BCUT2D eigenvalue weighted by Crippen LogP contribution is 2.29. The minimum absolute atomic E-state index is 0.209. The maximum absolute atomic E-state index is 12.4. The maximum Gasteiger partial charge on any atom is 0.258 e. The van der Waals surface area contributed by atoms with Crippen LogP contribution in [0.1, 0.15) is 31.4 Å². The van der Waals surface area contributed by atoms with Gasteiger partial charge in [-0.15, -0.1) is 0 Å². The van der Waals surface area contributed by atoms with Gasteiger partial charge in [-0.1, -0.05) is 0 Å². The predicted octanol–water partition coefficient (Wildman–Crippen LogP) is 2.31. The predicted molar refractivity (Wildman–Crippen MR) is 90.9 cm³/mol. The number of methoxy groups -OCH3 is 2. The molecule has 0 atom stereocenters. The molecule has 0 fully saturated rings. The summed E-state index contributed by atoms with van der Waals surface area (Å²) in [6, 6.07) is 5.56. The number of aromatic nitrogens is 4. The third-order valence-corrected chi connectivity index (χ3v) is 3.80. The van der Waals surface area contributed by atoms with Gasteiger partial charge in [0.15, 0.2) is 11.5 Å². The highest BCUT2D eigenvalue weighted by molar-refractivity contribution is 5.81. The second-order valence-corrected chi connectivity index (χ2v) is 5.79. The Labute approximate surface area is 139 Å². The number of H-pyrrole nitrogens is 1. The number of aromatic amines is 1. The summed E-state index contributed by atoms with van der Waals surface area (Å²) >= 11 is 0. The van der Waals surface area contributed by atoms with Crippen molar-refractivity contribution in [3.8, 4) is 11.5 Å². The minimum Gasteiger partial charge on any atom is -0.493 e. The Morgan fingerprint density at radius 1 is 1.21 bits per heavy atom. The van der Waals surface area contributed by atoms with Crippen molar-refractivity contribution in [2.75, 3.05) is 14.2 Å². The van der Waals surface area contributed by atoms with Crippen LogP contribution in [0.2, 0.25) is 0 Å². The molecule has 3 rings (SSSR count).